The highest BCUT2D eigenvalue weighted by Crippen LogP contribution is 2.26. The molecule has 0 spiro atoms. The molecule has 1 aromatic heterocycles. The van der Waals surface area contributed by atoms with E-state index in [1.54, 1.807) is 4.90 Å². The summed E-state index contributed by atoms with van der Waals surface area (Å²) in [5.74, 6) is -0.180. The van der Waals surface area contributed by atoms with Gasteiger partial charge in [0.05, 0.1) is 0 Å². The van der Waals surface area contributed by atoms with Gasteiger partial charge in [-0.1, -0.05) is 18.6 Å². The van der Waals surface area contributed by atoms with Gasteiger partial charge in [-0.15, -0.1) is 10.2 Å². The minimum Gasteiger partial charge on any atom is -0.341 e. The maximum Gasteiger partial charge on any atom is 0.269 e. The highest BCUT2D eigenvalue weighted by molar-refractivity contribution is 5.83. The number of likely N-dealkylation sites (tertiary alicyclic amines) is 1. The molecule has 8 heteroatoms. The topological polar surface area (TPSA) is 74.8 Å². The Morgan fingerprint density at radius 3 is 2.60 bits per heavy atom. The van der Waals surface area contributed by atoms with Crippen molar-refractivity contribution in [1.29, 1.82) is 0 Å². The zero-order valence-corrected chi connectivity index (χ0v) is 11.3. The number of carbonyl (C=O) groups excluding carboxylic acids is 1. The summed E-state index contributed by atoms with van der Waals surface area (Å²) in [5.41, 5.74) is 0.153. The first kappa shape index (κ1) is 14.5. The van der Waals surface area contributed by atoms with Gasteiger partial charge in [-0.05, 0) is 24.8 Å². The molecule has 0 bridgehead atoms. The van der Waals surface area contributed by atoms with Gasteiger partial charge in [0.2, 0.25) is 5.91 Å². The van der Waals surface area contributed by atoms with Crippen molar-refractivity contribution >= 4 is 5.91 Å². The van der Waals surface area contributed by atoms with Crippen LogP contribution in [0.1, 0.15) is 44.3 Å². The van der Waals surface area contributed by atoms with Crippen molar-refractivity contribution in [3.8, 4) is 0 Å². The van der Waals surface area contributed by atoms with Crippen LogP contribution in [0.5, 0.6) is 0 Å². The van der Waals surface area contributed by atoms with E-state index in [0.717, 1.165) is 6.42 Å². The van der Waals surface area contributed by atoms with Crippen LogP contribution in [0.15, 0.2) is 11.7 Å². The zero-order chi connectivity index (χ0) is 14.5. The summed E-state index contributed by atoms with van der Waals surface area (Å²) in [7, 11) is 0. The summed E-state index contributed by atoms with van der Waals surface area (Å²) in [4.78, 5) is 14.1. The van der Waals surface area contributed by atoms with Crippen LogP contribution in [0.25, 0.3) is 0 Å². The van der Waals surface area contributed by atoms with Crippen molar-refractivity contribution in [3.63, 3.8) is 0 Å². The number of carbonyl (C=O) groups is 1. The standard InChI is InChI=1S/C12H17F2N5O/c1-2-3-9(11-15-17-18-16-11)12(20)19-6-4-8(5-7-19)10(13)14/h9H,2-7H2,1H3,(H,15,16,17,18). The lowest BCUT2D eigenvalue weighted by Gasteiger charge is -2.30. The Morgan fingerprint density at radius 2 is 2.10 bits per heavy atom. The van der Waals surface area contributed by atoms with Crippen LogP contribution in [-0.2, 0) is 4.79 Å². The molecule has 0 saturated carbocycles. The van der Waals surface area contributed by atoms with Gasteiger partial charge in [0.15, 0.2) is 5.82 Å². The maximum absolute atomic E-state index is 12.5. The number of hydrogen-bond donors (Lipinski definition) is 1. The number of aromatic nitrogens is 4. The lowest BCUT2D eigenvalue weighted by atomic mass is 9.98. The molecule has 1 atom stereocenters. The molecule has 1 saturated heterocycles. The first-order chi connectivity index (χ1) is 9.63. The van der Waals surface area contributed by atoms with Crippen LogP contribution in [0.4, 0.5) is 8.78 Å². The van der Waals surface area contributed by atoms with Crippen molar-refractivity contribution in [2.24, 2.45) is 0 Å². The summed E-state index contributed by atoms with van der Waals surface area (Å²) in [6.45, 7) is 2.61. The third kappa shape index (κ3) is 3.17. The number of amides is 1. The molecule has 0 radical (unpaired) electrons. The summed E-state index contributed by atoms with van der Waals surface area (Å²) in [6.07, 6.45) is 0.288. The molecule has 0 aromatic carbocycles. The molecule has 2 rings (SSSR count). The molecule has 1 aliphatic rings. The fraction of sp³-hybridized carbons (Fsp3) is 0.667. The number of tetrazole rings is 1. The Hall–Kier alpha value is -1.86. The summed E-state index contributed by atoms with van der Waals surface area (Å²) in [6, 6.07) is 0. The van der Waals surface area contributed by atoms with E-state index >= 15 is 0 Å². The van der Waals surface area contributed by atoms with E-state index in [1.165, 1.54) is 0 Å². The minimum absolute atomic E-state index is 0.105. The Kier molecular flexibility index (Phi) is 4.75. The van der Waals surface area contributed by atoms with E-state index in [0.29, 0.717) is 25.3 Å². The largest absolute Gasteiger partial charge is 0.341 e. The van der Waals surface area contributed by atoms with Crippen molar-refractivity contribution in [1.82, 2.24) is 25.5 Å². The predicted molar refractivity (Wildman–Crippen MR) is 66.9 cm³/mol. The van der Waals surface area contributed by atoms with Crippen molar-refractivity contribution < 1.29 is 13.6 Å². The molecule has 20 heavy (non-hydrogen) atoms. The number of hydrogen-bond acceptors (Lipinski definition) is 4. The monoisotopic (exact) mass is 285 g/mol. The van der Waals surface area contributed by atoms with E-state index in [4.69, 9.17) is 0 Å². The molecule has 1 N–H and O–H groups in total. The highest BCUT2D eigenvalue weighted by atomic mass is 19.3. The van der Waals surface area contributed by atoms with Gasteiger partial charge >= 0.3 is 0 Å². The quantitative estimate of drug-likeness (QED) is 0.916. The summed E-state index contributed by atoms with van der Waals surface area (Å²) < 4.78 is 25.0. The fourth-order valence-electron chi connectivity index (χ4n) is 2.38. The molecule has 0 aliphatic carbocycles. The van der Waals surface area contributed by atoms with Gasteiger partial charge in [0.1, 0.15) is 5.92 Å². The smallest absolute Gasteiger partial charge is 0.269 e. The van der Waals surface area contributed by atoms with Crippen LogP contribution in [-0.4, -0.2) is 44.5 Å². The second kappa shape index (κ2) is 6.53. The summed E-state index contributed by atoms with van der Waals surface area (Å²) in [5, 5.41) is 13.6. The molecule has 1 aliphatic heterocycles. The Morgan fingerprint density at radius 1 is 1.40 bits per heavy atom. The molecule has 1 unspecified atom stereocenters. The Labute approximate surface area is 115 Å². The number of aromatic amines is 1. The lowest BCUT2D eigenvalue weighted by molar-refractivity contribution is -0.133. The molecule has 1 amide bonds. The van der Waals surface area contributed by atoms with Crippen molar-refractivity contribution in [2.75, 3.05) is 13.1 Å². The van der Waals surface area contributed by atoms with Crippen LogP contribution >= 0.6 is 0 Å². The predicted octanol–water partition coefficient (Wildman–Crippen LogP) is 1.86. The van der Waals surface area contributed by atoms with E-state index in [-0.39, 0.29) is 24.3 Å². The number of rotatable bonds is 4. The number of H-pyrrole nitrogens is 1. The average molecular weight is 285 g/mol. The number of halogens is 2. The fourth-order valence-corrected chi connectivity index (χ4v) is 2.38. The Balaban J connectivity index is 2.04. The highest BCUT2D eigenvalue weighted by Gasteiger charge is 2.30. The minimum atomic E-state index is -1.61. The molecule has 2 heterocycles. The number of piperidine rings is 1. The Bertz CT molecular complexity index is 474. The van der Waals surface area contributed by atoms with Gasteiger partial charge in [-0.3, -0.25) is 4.79 Å². The first-order valence-electron chi connectivity index (χ1n) is 6.68. The van der Waals surface area contributed by atoms with E-state index in [9.17, 15) is 13.6 Å². The van der Waals surface area contributed by atoms with Crippen LogP contribution in [0.3, 0.4) is 0 Å². The molecule has 6 nitrogen and oxygen atoms in total. The van der Waals surface area contributed by atoms with Crippen LogP contribution in [0, 0.1) is 0 Å². The second-order valence-electron chi connectivity index (χ2n) is 4.80. The third-order valence-electron chi connectivity index (χ3n) is 3.49. The van der Waals surface area contributed by atoms with Crippen molar-refractivity contribution in [3.05, 3.63) is 17.5 Å². The second-order valence-corrected chi connectivity index (χ2v) is 4.80. The van der Waals surface area contributed by atoms with Gasteiger partial charge < -0.3 is 4.90 Å². The van der Waals surface area contributed by atoms with Crippen LogP contribution < -0.4 is 0 Å². The van der Waals surface area contributed by atoms with Gasteiger partial charge in [-0.2, -0.15) is 14.0 Å². The van der Waals surface area contributed by atoms with Gasteiger partial charge in [0, 0.05) is 13.1 Å². The van der Waals surface area contributed by atoms with Gasteiger partial charge in [-0.25, -0.2) is 0 Å². The normalized spacial score (nSPS) is 17.1. The van der Waals surface area contributed by atoms with Crippen molar-refractivity contribution in [2.45, 2.75) is 38.5 Å². The SMILES string of the molecule is CCCC(C(=O)N1CCC(=C(F)F)CC1)c1nn[nH]n1. The number of nitrogens with one attached hydrogen (secondary N) is 1. The zero-order valence-electron chi connectivity index (χ0n) is 11.3. The van der Waals surface area contributed by atoms with E-state index in [2.05, 4.69) is 20.6 Å². The van der Waals surface area contributed by atoms with Gasteiger partial charge in [0.25, 0.3) is 6.08 Å². The molecule has 1 aromatic rings. The van der Waals surface area contributed by atoms with Crippen LogP contribution in [0.2, 0.25) is 0 Å². The molecular weight excluding hydrogens is 268 g/mol. The lowest BCUT2D eigenvalue weighted by Crippen LogP contribution is -2.39. The van der Waals surface area contributed by atoms with E-state index in [1.807, 2.05) is 6.92 Å². The number of nitrogens with zero attached hydrogens (tertiary/aromatic N) is 4. The summed E-state index contributed by atoms with van der Waals surface area (Å²) >= 11 is 0. The molecule has 110 valence electrons. The van der Waals surface area contributed by atoms with E-state index < -0.39 is 12.0 Å². The average Bonchev–Trinajstić information content (AvgIpc) is 2.98. The first-order valence-corrected chi connectivity index (χ1v) is 6.68. The maximum atomic E-state index is 12.5. The molecule has 1 fully saturated rings. The molecular formula is C12H17F2N5O. The third-order valence-corrected chi connectivity index (χ3v) is 3.49.